The number of benzene rings is 1. The summed E-state index contributed by atoms with van der Waals surface area (Å²) < 4.78 is 2.16. The van der Waals surface area contributed by atoms with E-state index in [1.165, 1.54) is 16.7 Å². The summed E-state index contributed by atoms with van der Waals surface area (Å²) in [5.74, 6) is 0.313. The predicted octanol–water partition coefficient (Wildman–Crippen LogP) is 2.98. The number of pyridine rings is 2. The number of phenolic OH excluding ortho intramolecular Hbond substituents is 1. The third-order valence-electron chi connectivity index (χ3n) is 3.50. The Bertz CT molecular complexity index is 692. The van der Waals surface area contributed by atoms with Gasteiger partial charge in [-0.3, -0.25) is 4.98 Å². The zero-order valence-electron chi connectivity index (χ0n) is 11.7. The number of hydrogen-bond donors (Lipinski definition) is 1. The fourth-order valence-electron chi connectivity index (χ4n) is 2.26. The lowest BCUT2D eigenvalue weighted by atomic mass is 10.1. The Labute approximate surface area is 124 Å². The van der Waals surface area contributed by atoms with E-state index in [4.69, 9.17) is 0 Å². The SMILES string of the molecule is Oc1ccc(CC[n+]2ccc(-c3ccncc3)cc2)cc1. The number of aromatic nitrogens is 2. The van der Waals surface area contributed by atoms with Crippen LogP contribution in [0.4, 0.5) is 0 Å². The monoisotopic (exact) mass is 277 g/mol. The van der Waals surface area contributed by atoms with Gasteiger partial charge in [-0.05, 0) is 41.0 Å². The van der Waals surface area contributed by atoms with Crippen LogP contribution in [-0.2, 0) is 13.0 Å². The fraction of sp³-hybridized carbons (Fsp3) is 0.111. The molecule has 2 aromatic heterocycles. The molecule has 0 bridgehead atoms. The third kappa shape index (κ3) is 3.45. The molecule has 2 heterocycles. The van der Waals surface area contributed by atoms with E-state index >= 15 is 0 Å². The molecule has 0 spiro atoms. The molecule has 3 aromatic rings. The highest BCUT2D eigenvalue weighted by Crippen LogP contribution is 2.15. The van der Waals surface area contributed by atoms with Gasteiger partial charge >= 0.3 is 0 Å². The summed E-state index contributed by atoms with van der Waals surface area (Å²) in [5, 5.41) is 9.27. The van der Waals surface area contributed by atoms with Gasteiger partial charge in [0.15, 0.2) is 18.9 Å². The summed E-state index contributed by atoms with van der Waals surface area (Å²) in [4.78, 5) is 4.03. The van der Waals surface area contributed by atoms with Crippen molar-refractivity contribution in [3.05, 3.63) is 78.9 Å². The van der Waals surface area contributed by atoms with E-state index in [0.717, 1.165) is 13.0 Å². The standard InChI is InChI=1S/C18H16N2O/c21-18-3-1-15(2-4-18)7-12-20-13-8-17(9-14-20)16-5-10-19-11-6-16/h1-6,8-11,13-14H,7,12H2/p+1. The first-order valence-electron chi connectivity index (χ1n) is 6.99. The van der Waals surface area contributed by atoms with E-state index in [1.54, 1.807) is 24.5 Å². The molecule has 0 atom stereocenters. The van der Waals surface area contributed by atoms with Gasteiger partial charge in [0.2, 0.25) is 0 Å². The molecular weight excluding hydrogens is 260 g/mol. The molecule has 0 unspecified atom stereocenters. The molecule has 104 valence electrons. The van der Waals surface area contributed by atoms with Crippen LogP contribution in [0.5, 0.6) is 5.75 Å². The number of hydrogen-bond acceptors (Lipinski definition) is 2. The molecule has 1 aromatic carbocycles. The Morgan fingerprint density at radius 3 is 2.10 bits per heavy atom. The summed E-state index contributed by atoms with van der Waals surface area (Å²) >= 11 is 0. The van der Waals surface area contributed by atoms with E-state index in [-0.39, 0.29) is 0 Å². The second kappa shape index (κ2) is 6.18. The maximum absolute atomic E-state index is 9.27. The van der Waals surface area contributed by atoms with Crippen LogP contribution in [0.15, 0.2) is 73.3 Å². The van der Waals surface area contributed by atoms with Crippen molar-refractivity contribution >= 4 is 0 Å². The lowest BCUT2D eigenvalue weighted by molar-refractivity contribution is -0.696. The quantitative estimate of drug-likeness (QED) is 0.744. The molecule has 1 N–H and O–H groups in total. The second-order valence-electron chi connectivity index (χ2n) is 4.98. The van der Waals surface area contributed by atoms with Crippen LogP contribution in [0.25, 0.3) is 11.1 Å². The van der Waals surface area contributed by atoms with Crippen LogP contribution < -0.4 is 4.57 Å². The molecule has 21 heavy (non-hydrogen) atoms. The third-order valence-corrected chi connectivity index (χ3v) is 3.50. The number of nitrogens with zero attached hydrogens (tertiary/aromatic N) is 2. The van der Waals surface area contributed by atoms with Crippen molar-refractivity contribution < 1.29 is 9.67 Å². The van der Waals surface area contributed by atoms with Gasteiger partial charge in [-0.2, -0.15) is 0 Å². The van der Waals surface area contributed by atoms with Gasteiger partial charge in [0.25, 0.3) is 0 Å². The molecule has 0 fully saturated rings. The average Bonchev–Trinajstić information content (AvgIpc) is 2.56. The topological polar surface area (TPSA) is 37.0 Å². The molecule has 0 saturated heterocycles. The minimum absolute atomic E-state index is 0.313. The van der Waals surface area contributed by atoms with Crippen LogP contribution >= 0.6 is 0 Å². The van der Waals surface area contributed by atoms with Crippen molar-refractivity contribution in [1.82, 2.24) is 4.98 Å². The van der Waals surface area contributed by atoms with Gasteiger partial charge < -0.3 is 5.11 Å². The highest BCUT2D eigenvalue weighted by atomic mass is 16.3. The molecular formula is C18H17N2O+. The zero-order chi connectivity index (χ0) is 14.5. The summed E-state index contributed by atoms with van der Waals surface area (Å²) in [6.07, 6.45) is 8.74. The molecule has 0 saturated carbocycles. The van der Waals surface area contributed by atoms with Crippen LogP contribution in [0.3, 0.4) is 0 Å². The number of rotatable bonds is 4. The molecule has 0 aliphatic carbocycles. The van der Waals surface area contributed by atoms with E-state index in [2.05, 4.69) is 34.1 Å². The number of aromatic hydroxyl groups is 1. The van der Waals surface area contributed by atoms with Crippen LogP contribution in [0.2, 0.25) is 0 Å². The van der Waals surface area contributed by atoms with E-state index in [1.807, 2.05) is 24.3 Å². The molecule has 0 aliphatic rings. The first kappa shape index (κ1) is 13.3. The number of phenols is 1. The fourth-order valence-corrected chi connectivity index (χ4v) is 2.26. The maximum Gasteiger partial charge on any atom is 0.169 e. The van der Waals surface area contributed by atoms with E-state index in [0.29, 0.717) is 5.75 Å². The first-order valence-corrected chi connectivity index (χ1v) is 6.99. The molecule has 3 rings (SSSR count). The maximum atomic E-state index is 9.27. The van der Waals surface area contributed by atoms with Crippen molar-refractivity contribution in [3.63, 3.8) is 0 Å². The average molecular weight is 277 g/mol. The molecule has 0 aliphatic heterocycles. The summed E-state index contributed by atoms with van der Waals surface area (Å²) in [5.41, 5.74) is 3.59. The molecule has 0 radical (unpaired) electrons. The van der Waals surface area contributed by atoms with Crippen molar-refractivity contribution in [2.24, 2.45) is 0 Å². The Morgan fingerprint density at radius 2 is 1.43 bits per heavy atom. The Kier molecular flexibility index (Phi) is 3.92. The van der Waals surface area contributed by atoms with Gasteiger partial charge in [-0.15, -0.1) is 0 Å². The minimum atomic E-state index is 0.313. The predicted molar refractivity (Wildman–Crippen MR) is 81.7 cm³/mol. The van der Waals surface area contributed by atoms with E-state index in [9.17, 15) is 5.11 Å². The van der Waals surface area contributed by atoms with Crippen LogP contribution in [0.1, 0.15) is 5.56 Å². The van der Waals surface area contributed by atoms with Gasteiger partial charge in [0.05, 0.1) is 0 Å². The number of aryl methyl sites for hydroxylation is 2. The van der Waals surface area contributed by atoms with Gasteiger partial charge in [0.1, 0.15) is 5.75 Å². The van der Waals surface area contributed by atoms with Crippen LogP contribution in [-0.4, -0.2) is 10.1 Å². The van der Waals surface area contributed by atoms with Crippen molar-refractivity contribution in [1.29, 1.82) is 0 Å². The Hall–Kier alpha value is -2.68. The molecule has 3 heteroatoms. The summed E-state index contributed by atoms with van der Waals surface area (Å²) in [6.45, 7) is 0.918. The second-order valence-corrected chi connectivity index (χ2v) is 4.98. The van der Waals surface area contributed by atoms with Gasteiger partial charge in [-0.25, -0.2) is 4.57 Å². The highest BCUT2D eigenvalue weighted by Gasteiger charge is 2.03. The van der Waals surface area contributed by atoms with Crippen molar-refractivity contribution in [3.8, 4) is 16.9 Å². The largest absolute Gasteiger partial charge is 0.508 e. The van der Waals surface area contributed by atoms with E-state index < -0.39 is 0 Å². The van der Waals surface area contributed by atoms with Crippen LogP contribution in [0, 0.1) is 0 Å². The van der Waals surface area contributed by atoms with Crippen molar-refractivity contribution in [2.75, 3.05) is 0 Å². The van der Waals surface area contributed by atoms with Gasteiger partial charge in [-0.1, -0.05) is 12.1 Å². The zero-order valence-corrected chi connectivity index (χ0v) is 11.7. The normalized spacial score (nSPS) is 10.5. The smallest absolute Gasteiger partial charge is 0.169 e. The summed E-state index contributed by atoms with van der Waals surface area (Å²) in [6, 6.07) is 15.6. The van der Waals surface area contributed by atoms with Crippen molar-refractivity contribution in [2.45, 2.75) is 13.0 Å². The first-order chi connectivity index (χ1) is 10.3. The Morgan fingerprint density at radius 1 is 0.810 bits per heavy atom. The summed E-state index contributed by atoms with van der Waals surface area (Å²) in [7, 11) is 0. The highest BCUT2D eigenvalue weighted by molar-refractivity contribution is 5.61. The molecule has 3 nitrogen and oxygen atoms in total. The lowest BCUT2D eigenvalue weighted by Gasteiger charge is -2.02. The van der Waals surface area contributed by atoms with Gasteiger partial charge in [0, 0.05) is 30.9 Å². The lowest BCUT2D eigenvalue weighted by Crippen LogP contribution is -2.33. The Balaban J connectivity index is 1.66. The molecule has 0 amide bonds. The minimum Gasteiger partial charge on any atom is -0.508 e.